The maximum absolute atomic E-state index is 13.2. The summed E-state index contributed by atoms with van der Waals surface area (Å²) in [5, 5.41) is 11.4. The Kier molecular flexibility index (Phi) is 6.04. The lowest BCUT2D eigenvalue weighted by Gasteiger charge is -2.36. The maximum Gasteiger partial charge on any atom is 0.292 e. The van der Waals surface area contributed by atoms with Gasteiger partial charge in [-0.1, -0.05) is 18.2 Å². The molecule has 0 N–H and O–H groups in total. The van der Waals surface area contributed by atoms with Crippen molar-refractivity contribution in [2.45, 2.75) is 18.9 Å². The molecule has 2 aromatic carbocycles. The molecule has 2 saturated heterocycles. The summed E-state index contributed by atoms with van der Waals surface area (Å²) in [6.07, 6.45) is 1.92. The van der Waals surface area contributed by atoms with E-state index in [-0.39, 0.29) is 22.6 Å². The molecule has 0 aromatic heterocycles. The standard InChI is InChI=1S/C24H28N4O5/c29-24(17-25-10-12-26(13-11-25)20-4-1-2-5-21(20)28(30)31)27-9-3-6-19(27)18-7-8-22-23(16-18)33-15-14-32-22/h1-2,4-5,7-8,16,19H,3,6,9-15,17H2. The van der Waals surface area contributed by atoms with E-state index in [1.54, 1.807) is 12.1 Å². The van der Waals surface area contributed by atoms with Crippen molar-refractivity contribution in [2.24, 2.45) is 0 Å². The Morgan fingerprint density at radius 1 is 1.00 bits per heavy atom. The first kappa shape index (κ1) is 21.5. The second kappa shape index (κ2) is 9.27. The number of rotatable bonds is 5. The van der Waals surface area contributed by atoms with Crippen molar-refractivity contribution in [3.8, 4) is 11.5 Å². The monoisotopic (exact) mass is 452 g/mol. The summed E-state index contributed by atoms with van der Waals surface area (Å²) in [5.41, 5.74) is 1.86. The molecular formula is C24H28N4O5. The lowest BCUT2D eigenvalue weighted by atomic mass is 10.0. The quantitative estimate of drug-likeness (QED) is 0.509. The fraction of sp³-hybridized carbons (Fsp3) is 0.458. The van der Waals surface area contributed by atoms with Crippen molar-refractivity contribution in [2.75, 3.05) is 57.4 Å². The second-order valence-electron chi connectivity index (χ2n) is 8.66. The number of amides is 1. The number of anilines is 1. The Morgan fingerprint density at radius 2 is 1.76 bits per heavy atom. The molecule has 5 rings (SSSR count). The number of likely N-dealkylation sites (tertiary alicyclic amines) is 1. The van der Waals surface area contributed by atoms with Gasteiger partial charge in [0.25, 0.3) is 5.69 Å². The summed E-state index contributed by atoms with van der Waals surface area (Å²) < 4.78 is 11.4. The van der Waals surface area contributed by atoms with E-state index in [1.807, 2.05) is 34.1 Å². The van der Waals surface area contributed by atoms with Crippen molar-refractivity contribution in [1.82, 2.24) is 9.80 Å². The average molecular weight is 453 g/mol. The number of para-hydroxylation sites is 2. The van der Waals surface area contributed by atoms with Gasteiger partial charge in [-0.15, -0.1) is 0 Å². The molecule has 2 aromatic rings. The molecule has 3 aliphatic rings. The molecule has 0 bridgehead atoms. The summed E-state index contributed by atoms with van der Waals surface area (Å²) in [4.78, 5) is 30.4. The van der Waals surface area contributed by atoms with E-state index in [0.29, 0.717) is 51.6 Å². The summed E-state index contributed by atoms with van der Waals surface area (Å²) in [6.45, 7) is 4.93. The number of piperazine rings is 1. The molecule has 9 heteroatoms. The van der Waals surface area contributed by atoms with Crippen LogP contribution in [0, 0.1) is 10.1 Å². The van der Waals surface area contributed by atoms with Crippen LogP contribution < -0.4 is 14.4 Å². The van der Waals surface area contributed by atoms with Crippen LogP contribution in [0.15, 0.2) is 42.5 Å². The van der Waals surface area contributed by atoms with E-state index in [9.17, 15) is 14.9 Å². The Balaban J connectivity index is 1.20. The van der Waals surface area contributed by atoms with Gasteiger partial charge < -0.3 is 19.3 Å². The van der Waals surface area contributed by atoms with E-state index in [4.69, 9.17) is 9.47 Å². The van der Waals surface area contributed by atoms with E-state index in [1.165, 1.54) is 6.07 Å². The third kappa shape index (κ3) is 4.45. The van der Waals surface area contributed by atoms with E-state index < -0.39 is 0 Å². The summed E-state index contributed by atoms with van der Waals surface area (Å²) in [6, 6.07) is 12.9. The highest BCUT2D eigenvalue weighted by molar-refractivity contribution is 5.79. The van der Waals surface area contributed by atoms with Gasteiger partial charge in [0.2, 0.25) is 5.91 Å². The van der Waals surface area contributed by atoms with E-state index in [0.717, 1.165) is 36.4 Å². The van der Waals surface area contributed by atoms with Crippen LogP contribution in [0.25, 0.3) is 0 Å². The van der Waals surface area contributed by atoms with Crippen molar-refractivity contribution >= 4 is 17.3 Å². The van der Waals surface area contributed by atoms with Crippen LogP contribution in [0.3, 0.4) is 0 Å². The average Bonchev–Trinajstić information content (AvgIpc) is 3.34. The number of nitro benzene ring substituents is 1. The fourth-order valence-electron chi connectivity index (χ4n) is 4.99. The second-order valence-corrected chi connectivity index (χ2v) is 8.66. The molecule has 33 heavy (non-hydrogen) atoms. The molecule has 0 radical (unpaired) electrons. The van der Waals surface area contributed by atoms with Crippen LogP contribution in [0.5, 0.6) is 11.5 Å². The van der Waals surface area contributed by atoms with Gasteiger partial charge in [0.05, 0.1) is 17.5 Å². The molecule has 0 spiro atoms. The third-order valence-electron chi connectivity index (χ3n) is 6.67. The summed E-state index contributed by atoms with van der Waals surface area (Å²) in [5.74, 6) is 1.65. The van der Waals surface area contributed by atoms with Gasteiger partial charge in [-0.2, -0.15) is 0 Å². The van der Waals surface area contributed by atoms with Gasteiger partial charge in [-0.25, -0.2) is 0 Å². The minimum atomic E-state index is -0.337. The van der Waals surface area contributed by atoms with Crippen LogP contribution in [-0.4, -0.2) is 73.1 Å². The van der Waals surface area contributed by atoms with Gasteiger partial charge in [0.1, 0.15) is 18.9 Å². The van der Waals surface area contributed by atoms with Crippen LogP contribution >= 0.6 is 0 Å². The highest BCUT2D eigenvalue weighted by atomic mass is 16.6. The number of hydrogen-bond donors (Lipinski definition) is 0. The molecule has 3 heterocycles. The number of fused-ring (bicyclic) bond motifs is 1. The smallest absolute Gasteiger partial charge is 0.292 e. The van der Waals surface area contributed by atoms with Crippen molar-refractivity contribution < 1.29 is 19.2 Å². The molecule has 0 saturated carbocycles. The summed E-state index contributed by atoms with van der Waals surface area (Å²) >= 11 is 0. The van der Waals surface area contributed by atoms with E-state index in [2.05, 4.69) is 4.90 Å². The molecule has 1 unspecified atom stereocenters. The maximum atomic E-state index is 13.2. The third-order valence-corrected chi connectivity index (χ3v) is 6.67. The van der Waals surface area contributed by atoms with Gasteiger partial charge >= 0.3 is 0 Å². The molecule has 174 valence electrons. The first-order valence-corrected chi connectivity index (χ1v) is 11.5. The van der Waals surface area contributed by atoms with Crippen molar-refractivity contribution in [1.29, 1.82) is 0 Å². The Labute approximate surface area is 192 Å². The first-order chi connectivity index (χ1) is 16.1. The topological polar surface area (TPSA) is 88.4 Å². The Bertz CT molecular complexity index is 1040. The van der Waals surface area contributed by atoms with Crippen LogP contribution in [-0.2, 0) is 4.79 Å². The van der Waals surface area contributed by atoms with Crippen molar-refractivity contribution in [3.63, 3.8) is 0 Å². The molecule has 0 aliphatic carbocycles. The predicted octanol–water partition coefficient (Wildman–Crippen LogP) is 2.85. The molecule has 3 aliphatic heterocycles. The number of nitrogens with zero attached hydrogens (tertiary/aromatic N) is 4. The zero-order valence-corrected chi connectivity index (χ0v) is 18.5. The number of nitro groups is 1. The molecular weight excluding hydrogens is 424 g/mol. The molecule has 1 atom stereocenters. The van der Waals surface area contributed by atoms with Gasteiger partial charge in [0, 0.05) is 38.8 Å². The lowest BCUT2D eigenvalue weighted by molar-refractivity contribution is -0.384. The van der Waals surface area contributed by atoms with Gasteiger partial charge in [0.15, 0.2) is 11.5 Å². The van der Waals surface area contributed by atoms with Crippen molar-refractivity contribution in [3.05, 3.63) is 58.1 Å². The zero-order chi connectivity index (χ0) is 22.8. The van der Waals surface area contributed by atoms with Gasteiger partial charge in [-0.05, 0) is 36.6 Å². The summed E-state index contributed by atoms with van der Waals surface area (Å²) in [7, 11) is 0. The van der Waals surface area contributed by atoms with Gasteiger partial charge in [-0.3, -0.25) is 19.8 Å². The normalized spacial score (nSPS) is 20.7. The van der Waals surface area contributed by atoms with Crippen LogP contribution in [0.4, 0.5) is 11.4 Å². The molecule has 9 nitrogen and oxygen atoms in total. The minimum absolute atomic E-state index is 0.0570. The number of carbonyl (C=O) groups excluding carboxylic acids is 1. The largest absolute Gasteiger partial charge is 0.486 e. The zero-order valence-electron chi connectivity index (χ0n) is 18.5. The fourth-order valence-corrected chi connectivity index (χ4v) is 4.99. The lowest BCUT2D eigenvalue weighted by Crippen LogP contribution is -2.50. The number of carbonyl (C=O) groups is 1. The molecule has 1 amide bonds. The highest BCUT2D eigenvalue weighted by Gasteiger charge is 2.32. The Hall–Kier alpha value is -3.33. The highest BCUT2D eigenvalue weighted by Crippen LogP contribution is 2.38. The Morgan fingerprint density at radius 3 is 2.55 bits per heavy atom. The molecule has 2 fully saturated rings. The van der Waals surface area contributed by atoms with Crippen LogP contribution in [0.1, 0.15) is 24.4 Å². The SMILES string of the molecule is O=C(CN1CCN(c2ccccc2[N+](=O)[O-])CC1)N1CCCC1c1ccc2c(c1)OCCO2. The number of hydrogen-bond acceptors (Lipinski definition) is 7. The number of ether oxygens (including phenoxy) is 2. The van der Waals surface area contributed by atoms with Crippen LogP contribution in [0.2, 0.25) is 0 Å². The predicted molar refractivity (Wildman–Crippen MR) is 123 cm³/mol. The van der Waals surface area contributed by atoms with E-state index >= 15 is 0 Å². The number of benzene rings is 2. The minimum Gasteiger partial charge on any atom is -0.486 e. The first-order valence-electron chi connectivity index (χ1n) is 11.5.